The number of piperidine rings is 1. The molecule has 0 spiro atoms. The Bertz CT molecular complexity index is 1030. The van der Waals surface area contributed by atoms with Crippen molar-refractivity contribution in [1.29, 1.82) is 0 Å². The van der Waals surface area contributed by atoms with Crippen LogP contribution in [0.5, 0.6) is 0 Å². The molecule has 0 saturated carbocycles. The fraction of sp³-hybridized carbons (Fsp3) is 0.586. The van der Waals surface area contributed by atoms with E-state index in [0.29, 0.717) is 24.6 Å². The maximum Gasteiger partial charge on any atom is 0.326 e. The molecule has 7 heteroatoms. The summed E-state index contributed by atoms with van der Waals surface area (Å²) in [4.78, 5) is 34.3. The van der Waals surface area contributed by atoms with E-state index in [4.69, 9.17) is 0 Å². The van der Waals surface area contributed by atoms with Gasteiger partial charge in [0.1, 0.15) is 0 Å². The van der Waals surface area contributed by atoms with Gasteiger partial charge in [-0.15, -0.1) is 11.3 Å². The summed E-state index contributed by atoms with van der Waals surface area (Å²) in [5.41, 5.74) is 3.12. The molecular weight excluding hydrogens is 468 g/mol. The number of amides is 2. The Morgan fingerprint density at radius 2 is 1.97 bits per heavy atom. The summed E-state index contributed by atoms with van der Waals surface area (Å²) in [6.07, 6.45) is 7.91. The SMILES string of the molecule is CCN(CC)CCCCC1CCCCN1CCNC(=O)N1c2ccccc2CC(=O)c2csc(C)c21. The molecule has 2 aromatic rings. The van der Waals surface area contributed by atoms with Crippen LogP contribution in [0.3, 0.4) is 0 Å². The number of carbonyl (C=O) groups is 2. The third-order valence-corrected chi connectivity index (χ3v) is 8.73. The van der Waals surface area contributed by atoms with Gasteiger partial charge in [0.05, 0.1) is 16.9 Å². The van der Waals surface area contributed by atoms with Crippen LogP contribution in [0.25, 0.3) is 0 Å². The molecule has 6 nitrogen and oxygen atoms in total. The molecule has 2 amide bonds. The van der Waals surface area contributed by atoms with Gasteiger partial charge in [-0.05, 0) is 70.4 Å². The second kappa shape index (κ2) is 12.8. The number of urea groups is 1. The molecule has 2 aliphatic heterocycles. The minimum atomic E-state index is -0.146. The summed E-state index contributed by atoms with van der Waals surface area (Å²) in [5.74, 6) is 0.0780. The number of ketones is 1. The minimum Gasteiger partial charge on any atom is -0.336 e. The first kappa shape index (κ1) is 26.8. The summed E-state index contributed by atoms with van der Waals surface area (Å²) in [7, 11) is 0. The average molecular weight is 511 g/mol. The van der Waals surface area contributed by atoms with Crippen molar-refractivity contribution in [3.05, 3.63) is 45.6 Å². The number of thiophene rings is 1. The molecule has 36 heavy (non-hydrogen) atoms. The number of benzene rings is 1. The molecule has 1 aromatic heterocycles. The van der Waals surface area contributed by atoms with Crippen LogP contribution in [0.4, 0.5) is 16.2 Å². The van der Waals surface area contributed by atoms with E-state index in [-0.39, 0.29) is 11.8 Å². The lowest BCUT2D eigenvalue weighted by Crippen LogP contribution is -2.46. The van der Waals surface area contributed by atoms with Gasteiger partial charge in [-0.2, -0.15) is 0 Å². The molecule has 1 atom stereocenters. The molecular formula is C29H42N4O2S. The normalized spacial score (nSPS) is 18.2. The molecule has 2 aliphatic rings. The molecule has 1 unspecified atom stereocenters. The third-order valence-electron chi connectivity index (χ3n) is 7.83. The van der Waals surface area contributed by atoms with Gasteiger partial charge < -0.3 is 10.2 Å². The molecule has 3 heterocycles. The van der Waals surface area contributed by atoms with Crippen molar-refractivity contribution in [2.45, 2.75) is 71.8 Å². The van der Waals surface area contributed by atoms with Gasteiger partial charge in [-0.1, -0.05) is 44.9 Å². The zero-order valence-electron chi connectivity index (χ0n) is 22.2. The number of rotatable bonds is 10. The molecule has 0 radical (unpaired) electrons. The average Bonchev–Trinajstić information content (AvgIpc) is 3.21. The predicted molar refractivity (Wildman–Crippen MR) is 150 cm³/mol. The van der Waals surface area contributed by atoms with Crippen LogP contribution in [0, 0.1) is 6.92 Å². The number of aryl methyl sites for hydroxylation is 1. The second-order valence-corrected chi connectivity index (χ2v) is 11.1. The van der Waals surface area contributed by atoms with Gasteiger partial charge >= 0.3 is 6.03 Å². The molecule has 1 saturated heterocycles. The summed E-state index contributed by atoms with van der Waals surface area (Å²) < 4.78 is 0. The van der Waals surface area contributed by atoms with Gasteiger partial charge in [-0.25, -0.2) is 4.79 Å². The number of hydrogen-bond donors (Lipinski definition) is 1. The first-order valence-corrected chi connectivity index (χ1v) is 14.6. The van der Waals surface area contributed by atoms with Crippen LogP contribution < -0.4 is 10.2 Å². The zero-order valence-corrected chi connectivity index (χ0v) is 23.0. The van der Waals surface area contributed by atoms with Crippen molar-refractivity contribution in [3.8, 4) is 0 Å². The number of nitrogens with one attached hydrogen (secondary N) is 1. The minimum absolute atomic E-state index is 0.0780. The largest absolute Gasteiger partial charge is 0.336 e. The molecule has 0 bridgehead atoms. The van der Waals surface area contributed by atoms with E-state index in [0.717, 1.165) is 48.0 Å². The van der Waals surface area contributed by atoms with Crippen LogP contribution in [0.1, 0.15) is 73.2 Å². The van der Waals surface area contributed by atoms with E-state index in [9.17, 15) is 9.59 Å². The molecule has 4 rings (SSSR count). The highest BCUT2D eigenvalue weighted by molar-refractivity contribution is 7.10. The number of para-hydroxylation sites is 1. The Balaban J connectivity index is 1.37. The van der Waals surface area contributed by atoms with Crippen molar-refractivity contribution in [2.24, 2.45) is 0 Å². The van der Waals surface area contributed by atoms with Crippen molar-refractivity contribution in [1.82, 2.24) is 15.1 Å². The van der Waals surface area contributed by atoms with Crippen LogP contribution in [0.15, 0.2) is 29.6 Å². The Kier molecular flexibility index (Phi) is 9.57. The standard InChI is InChI=1S/C29H42N4O2S/c1-4-31(5-2)17-10-8-13-24-14-9-11-18-32(24)19-16-30-29(35)33-26-15-7-6-12-23(26)20-27(34)25-21-36-22(3)28(25)33/h6-7,12,15,21,24H,4-5,8-11,13-14,16-20H2,1-3H3,(H,30,35). The maximum atomic E-state index is 13.6. The van der Waals surface area contributed by atoms with Crippen LogP contribution in [0.2, 0.25) is 0 Å². The third kappa shape index (κ3) is 6.18. The number of anilines is 2. The number of hydrogen-bond acceptors (Lipinski definition) is 5. The Hall–Kier alpha value is -2.22. The highest BCUT2D eigenvalue weighted by Crippen LogP contribution is 2.41. The number of nitrogens with zero attached hydrogens (tertiary/aromatic N) is 3. The highest BCUT2D eigenvalue weighted by Gasteiger charge is 2.32. The van der Waals surface area contributed by atoms with E-state index in [1.54, 1.807) is 4.90 Å². The lowest BCUT2D eigenvalue weighted by molar-refractivity contribution is 0.0995. The van der Waals surface area contributed by atoms with E-state index in [1.807, 2.05) is 36.6 Å². The number of fused-ring (bicyclic) bond motifs is 2. The summed E-state index contributed by atoms with van der Waals surface area (Å²) in [6.45, 7) is 12.5. The van der Waals surface area contributed by atoms with E-state index < -0.39 is 0 Å². The smallest absolute Gasteiger partial charge is 0.326 e. The Morgan fingerprint density at radius 3 is 2.78 bits per heavy atom. The zero-order chi connectivity index (χ0) is 25.5. The van der Waals surface area contributed by atoms with Crippen LogP contribution in [-0.4, -0.2) is 66.9 Å². The molecule has 1 fully saturated rings. The quantitative estimate of drug-likeness (QED) is 0.398. The van der Waals surface area contributed by atoms with Gasteiger partial charge in [0.25, 0.3) is 0 Å². The van der Waals surface area contributed by atoms with Crippen LogP contribution >= 0.6 is 11.3 Å². The first-order chi connectivity index (χ1) is 17.5. The molecule has 1 aromatic carbocycles. The van der Waals surface area contributed by atoms with E-state index in [2.05, 4.69) is 29.0 Å². The maximum absolute atomic E-state index is 13.6. The number of unbranched alkanes of at least 4 members (excludes halogenated alkanes) is 1. The summed E-state index contributed by atoms with van der Waals surface area (Å²) in [5, 5.41) is 5.09. The fourth-order valence-electron chi connectivity index (χ4n) is 5.72. The van der Waals surface area contributed by atoms with Crippen molar-refractivity contribution >= 4 is 34.5 Å². The predicted octanol–water partition coefficient (Wildman–Crippen LogP) is 6.01. The fourth-order valence-corrected chi connectivity index (χ4v) is 6.57. The Labute approximate surface area is 220 Å². The number of carbonyl (C=O) groups excluding carboxylic acids is 2. The summed E-state index contributed by atoms with van der Waals surface area (Å²) in [6, 6.07) is 8.26. The van der Waals surface area contributed by atoms with Gasteiger partial charge in [0.15, 0.2) is 5.78 Å². The summed E-state index contributed by atoms with van der Waals surface area (Å²) >= 11 is 1.54. The Morgan fingerprint density at radius 1 is 1.17 bits per heavy atom. The van der Waals surface area contributed by atoms with E-state index >= 15 is 0 Å². The van der Waals surface area contributed by atoms with E-state index in [1.165, 1.54) is 56.4 Å². The highest BCUT2D eigenvalue weighted by atomic mass is 32.1. The van der Waals surface area contributed by atoms with Crippen molar-refractivity contribution in [3.63, 3.8) is 0 Å². The molecule has 0 aliphatic carbocycles. The van der Waals surface area contributed by atoms with Crippen molar-refractivity contribution < 1.29 is 9.59 Å². The van der Waals surface area contributed by atoms with Gasteiger partial charge in [0, 0.05) is 35.8 Å². The monoisotopic (exact) mass is 510 g/mol. The van der Waals surface area contributed by atoms with Crippen molar-refractivity contribution in [2.75, 3.05) is 44.2 Å². The number of Topliss-reactive ketones (excluding diaryl/α,β-unsaturated/α-hetero) is 1. The number of likely N-dealkylation sites (tertiary alicyclic amines) is 1. The lowest BCUT2D eigenvalue weighted by atomic mass is 9.97. The second-order valence-electron chi connectivity index (χ2n) is 10.1. The van der Waals surface area contributed by atoms with Gasteiger partial charge in [-0.3, -0.25) is 14.6 Å². The molecule has 196 valence electrons. The van der Waals surface area contributed by atoms with Gasteiger partial charge in [0.2, 0.25) is 0 Å². The lowest BCUT2D eigenvalue weighted by Gasteiger charge is -2.36. The first-order valence-electron chi connectivity index (χ1n) is 13.8. The molecule has 1 N–H and O–H groups in total. The van der Waals surface area contributed by atoms with Crippen LogP contribution in [-0.2, 0) is 6.42 Å². The topological polar surface area (TPSA) is 55.9 Å².